The van der Waals surface area contributed by atoms with Crippen molar-refractivity contribution >= 4 is 23.4 Å². The number of hydrogen-bond acceptors (Lipinski definition) is 7. The van der Waals surface area contributed by atoms with E-state index in [1.807, 2.05) is 12.1 Å². The summed E-state index contributed by atoms with van der Waals surface area (Å²) in [5.41, 5.74) is 2.34. The minimum Gasteiger partial charge on any atom is -0.476 e. The van der Waals surface area contributed by atoms with Crippen LogP contribution in [0.1, 0.15) is 38.5 Å². The van der Waals surface area contributed by atoms with E-state index in [9.17, 15) is 4.79 Å². The molecular weight excluding hydrogens is 420 g/mol. The van der Waals surface area contributed by atoms with E-state index in [1.54, 1.807) is 18.2 Å². The number of carbonyl (C=O) groups is 1. The van der Waals surface area contributed by atoms with Gasteiger partial charge in [0.25, 0.3) is 0 Å². The Balaban J connectivity index is 1.49. The molecule has 2 aliphatic carbocycles. The molecule has 1 aromatic carbocycles. The first-order chi connectivity index (χ1) is 15.1. The van der Waals surface area contributed by atoms with Crippen molar-refractivity contribution in [1.82, 2.24) is 15.5 Å². The number of rotatable bonds is 7. The van der Waals surface area contributed by atoms with Crippen molar-refractivity contribution in [1.29, 1.82) is 0 Å². The Morgan fingerprint density at radius 1 is 1.19 bits per heavy atom. The summed E-state index contributed by atoms with van der Waals surface area (Å²) in [5.74, 6) is 1.06. The third-order valence-corrected chi connectivity index (χ3v) is 5.57. The third-order valence-electron chi connectivity index (χ3n) is 5.32. The van der Waals surface area contributed by atoms with Crippen LogP contribution in [-0.4, -0.2) is 41.8 Å². The van der Waals surface area contributed by atoms with Gasteiger partial charge in [0.05, 0.1) is 23.9 Å². The van der Waals surface area contributed by atoms with Gasteiger partial charge in [-0.3, -0.25) is 0 Å². The molecule has 2 fully saturated rings. The Hall–Kier alpha value is -2.87. The number of benzene rings is 1. The maximum absolute atomic E-state index is 12.5. The van der Waals surface area contributed by atoms with Crippen LogP contribution in [0.2, 0.25) is 5.02 Å². The highest BCUT2D eigenvalue weighted by molar-refractivity contribution is 6.30. The molecule has 164 valence electrons. The predicted molar refractivity (Wildman–Crippen MR) is 117 cm³/mol. The van der Waals surface area contributed by atoms with Crippen LogP contribution in [0.3, 0.4) is 0 Å². The normalized spacial score (nSPS) is 19.7. The van der Waals surface area contributed by atoms with Crippen molar-refractivity contribution < 1.29 is 19.1 Å². The SMILES string of the molecule is CO/N=C1\CCCC[C@@H]1NC(=O)Oc1cc(-c2ccc(Cl)cc2)c(OCC2CC2)nn1. The lowest BCUT2D eigenvalue weighted by atomic mass is 9.93. The van der Waals surface area contributed by atoms with Gasteiger partial charge in [-0.2, -0.15) is 0 Å². The molecule has 4 rings (SSSR count). The van der Waals surface area contributed by atoms with E-state index in [2.05, 4.69) is 20.7 Å². The van der Waals surface area contributed by atoms with Gasteiger partial charge in [0, 0.05) is 11.1 Å². The molecule has 2 aliphatic rings. The van der Waals surface area contributed by atoms with Crippen molar-refractivity contribution in [3.8, 4) is 22.9 Å². The first kappa shape index (κ1) is 21.4. The van der Waals surface area contributed by atoms with Crippen molar-refractivity contribution in [3.05, 3.63) is 35.4 Å². The number of nitrogens with zero attached hydrogens (tertiary/aromatic N) is 3. The molecule has 0 unspecified atom stereocenters. The number of amides is 1. The molecule has 1 heterocycles. The molecule has 31 heavy (non-hydrogen) atoms. The fourth-order valence-electron chi connectivity index (χ4n) is 3.48. The Kier molecular flexibility index (Phi) is 6.86. The summed E-state index contributed by atoms with van der Waals surface area (Å²) in [7, 11) is 1.50. The van der Waals surface area contributed by atoms with E-state index in [-0.39, 0.29) is 11.9 Å². The van der Waals surface area contributed by atoms with E-state index in [1.165, 1.54) is 20.0 Å². The molecule has 0 aliphatic heterocycles. The number of carbonyl (C=O) groups excluding carboxylic acids is 1. The van der Waals surface area contributed by atoms with Crippen molar-refractivity contribution in [2.24, 2.45) is 11.1 Å². The molecule has 0 bridgehead atoms. The maximum Gasteiger partial charge on any atom is 0.414 e. The van der Waals surface area contributed by atoms with Gasteiger partial charge in [0.1, 0.15) is 7.11 Å². The molecule has 1 aromatic heterocycles. The molecule has 0 radical (unpaired) electrons. The Labute approximate surface area is 185 Å². The summed E-state index contributed by atoms with van der Waals surface area (Å²) in [6, 6.07) is 8.74. The summed E-state index contributed by atoms with van der Waals surface area (Å²) in [6.07, 6.45) is 5.31. The fourth-order valence-corrected chi connectivity index (χ4v) is 3.61. The predicted octanol–water partition coefficient (Wildman–Crippen LogP) is 4.62. The molecule has 2 aromatic rings. The van der Waals surface area contributed by atoms with Crippen LogP contribution in [0.25, 0.3) is 11.1 Å². The van der Waals surface area contributed by atoms with Gasteiger partial charge in [-0.25, -0.2) is 4.79 Å². The van der Waals surface area contributed by atoms with Gasteiger partial charge in [-0.1, -0.05) is 35.3 Å². The zero-order valence-corrected chi connectivity index (χ0v) is 18.1. The summed E-state index contributed by atoms with van der Waals surface area (Å²) in [4.78, 5) is 17.4. The lowest BCUT2D eigenvalue weighted by Crippen LogP contribution is -2.44. The molecule has 1 N–H and O–H groups in total. The Bertz CT molecular complexity index is 947. The zero-order valence-electron chi connectivity index (χ0n) is 17.3. The maximum atomic E-state index is 12.5. The van der Waals surface area contributed by atoms with Crippen LogP contribution >= 0.6 is 11.6 Å². The first-order valence-corrected chi connectivity index (χ1v) is 10.8. The van der Waals surface area contributed by atoms with Crippen LogP contribution in [0.5, 0.6) is 11.8 Å². The van der Waals surface area contributed by atoms with Crippen LogP contribution in [0, 0.1) is 5.92 Å². The van der Waals surface area contributed by atoms with Crippen molar-refractivity contribution in [2.75, 3.05) is 13.7 Å². The number of ether oxygens (including phenoxy) is 2. The average Bonchev–Trinajstić information content (AvgIpc) is 3.59. The molecule has 0 saturated heterocycles. The largest absolute Gasteiger partial charge is 0.476 e. The van der Waals surface area contributed by atoms with Crippen molar-refractivity contribution in [2.45, 2.75) is 44.6 Å². The zero-order chi connectivity index (χ0) is 21.6. The van der Waals surface area contributed by atoms with Gasteiger partial charge < -0.3 is 19.6 Å². The number of hydrogen-bond donors (Lipinski definition) is 1. The number of aromatic nitrogens is 2. The minimum atomic E-state index is -0.612. The van der Waals surface area contributed by atoms with E-state index in [4.69, 9.17) is 25.9 Å². The third kappa shape index (κ3) is 5.85. The molecular formula is C22H25ClN4O4. The van der Waals surface area contributed by atoms with E-state index < -0.39 is 6.09 Å². The van der Waals surface area contributed by atoms with Gasteiger partial charge in [0.2, 0.25) is 11.8 Å². The molecule has 8 nitrogen and oxygen atoms in total. The van der Waals surface area contributed by atoms with Crippen LogP contribution in [0.4, 0.5) is 4.79 Å². The quantitative estimate of drug-likeness (QED) is 0.626. The molecule has 1 atom stereocenters. The molecule has 2 saturated carbocycles. The van der Waals surface area contributed by atoms with Gasteiger partial charge in [0.15, 0.2) is 0 Å². The molecule has 9 heteroatoms. The topological polar surface area (TPSA) is 94.9 Å². The van der Waals surface area contributed by atoms with E-state index >= 15 is 0 Å². The lowest BCUT2D eigenvalue weighted by Gasteiger charge is -2.23. The standard InChI is InChI=1S/C22H25ClN4O4/c1-29-27-19-5-3-2-4-18(19)24-22(28)31-20-12-17(15-8-10-16(23)11-9-15)21(26-25-20)30-13-14-6-7-14/h8-12,14,18H,2-7,13H2,1H3,(H,24,28)/b27-19+/t18-/m0/s1. The van der Waals surface area contributed by atoms with E-state index in [0.29, 0.717) is 29.0 Å². The summed E-state index contributed by atoms with van der Waals surface area (Å²) in [6.45, 7) is 0.596. The second kappa shape index (κ2) is 9.96. The second-order valence-corrected chi connectivity index (χ2v) is 8.20. The summed E-state index contributed by atoms with van der Waals surface area (Å²) in [5, 5.41) is 15.7. The molecule has 0 spiro atoms. The van der Waals surface area contributed by atoms with Gasteiger partial charge in [-0.15, -0.1) is 10.2 Å². The fraction of sp³-hybridized carbons (Fsp3) is 0.455. The summed E-state index contributed by atoms with van der Waals surface area (Å²) >= 11 is 6.02. The number of nitrogens with one attached hydrogen (secondary N) is 1. The minimum absolute atomic E-state index is 0.0854. The Morgan fingerprint density at radius 3 is 2.74 bits per heavy atom. The monoisotopic (exact) mass is 444 g/mol. The molecule has 1 amide bonds. The smallest absolute Gasteiger partial charge is 0.414 e. The summed E-state index contributed by atoms with van der Waals surface area (Å²) < 4.78 is 11.3. The highest BCUT2D eigenvalue weighted by atomic mass is 35.5. The van der Waals surface area contributed by atoms with Crippen molar-refractivity contribution in [3.63, 3.8) is 0 Å². The van der Waals surface area contributed by atoms with Crippen LogP contribution in [0.15, 0.2) is 35.5 Å². The highest BCUT2D eigenvalue weighted by Crippen LogP contribution is 2.34. The average molecular weight is 445 g/mol. The van der Waals surface area contributed by atoms with Crippen LogP contribution in [-0.2, 0) is 4.84 Å². The van der Waals surface area contributed by atoms with E-state index in [0.717, 1.165) is 37.0 Å². The number of oxime groups is 1. The van der Waals surface area contributed by atoms with Gasteiger partial charge >= 0.3 is 6.09 Å². The number of halogens is 1. The van der Waals surface area contributed by atoms with Crippen LogP contribution < -0.4 is 14.8 Å². The first-order valence-electron chi connectivity index (χ1n) is 10.5. The lowest BCUT2D eigenvalue weighted by molar-refractivity contribution is 0.192. The Morgan fingerprint density at radius 2 is 2.00 bits per heavy atom. The van der Waals surface area contributed by atoms with Gasteiger partial charge in [-0.05, 0) is 55.7 Å². The second-order valence-electron chi connectivity index (χ2n) is 7.76. The highest BCUT2D eigenvalue weighted by Gasteiger charge is 2.25.